The van der Waals surface area contributed by atoms with Gasteiger partial charge in [-0.1, -0.05) is 6.07 Å². The Balaban J connectivity index is 1.98. The second kappa shape index (κ2) is 4.27. The minimum atomic E-state index is -0.486. The predicted octanol–water partition coefficient (Wildman–Crippen LogP) is 1.50. The molecule has 4 rings (SSSR count). The van der Waals surface area contributed by atoms with Crippen LogP contribution in [0, 0.1) is 6.92 Å². The summed E-state index contributed by atoms with van der Waals surface area (Å²) in [6, 6.07) is 4.34. The first kappa shape index (κ1) is 12.8. The molecule has 112 valence electrons. The van der Waals surface area contributed by atoms with E-state index in [9.17, 15) is 15.0 Å². The number of aromatic amines is 1. The monoisotopic (exact) mass is 299 g/mol. The van der Waals surface area contributed by atoms with Gasteiger partial charge in [0.15, 0.2) is 5.82 Å². The number of hydrogen-bond acceptors (Lipinski definition) is 6. The van der Waals surface area contributed by atoms with Crippen molar-refractivity contribution in [1.29, 1.82) is 0 Å². The van der Waals surface area contributed by atoms with Gasteiger partial charge in [0.25, 0.3) is 0 Å². The number of aromatic hydroxyl groups is 2. The van der Waals surface area contributed by atoms with Gasteiger partial charge in [-0.2, -0.15) is 5.10 Å². The summed E-state index contributed by atoms with van der Waals surface area (Å²) in [7, 11) is 0. The number of esters is 1. The highest BCUT2D eigenvalue weighted by Crippen LogP contribution is 2.47. The number of benzene rings is 1. The fraction of sp³-hybridized carbons (Fsp3) is 0.200. The Morgan fingerprint density at radius 3 is 2.95 bits per heavy atom. The third kappa shape index (κ3) is 1.62. The molecule has 3 heterocycles. The molecule has 0 radical (unpaired) electrons. The van der Waals surface area contributed by atoms with Gasteiger partial charge in [0, 0.05) is 22.9 Å². The molecule has 1 unspecified atom stereocenters. The minimum Gasteiger partial charge on any atom is -0.508 e. The molecule has 7 nitrogen and oxygen atoms in total. The Labute approximate surface area is 125 Å². The zero-order chi connectivity index (χ0) is 15.4. The summed E-state index contributed by atoms with van der Waals surface area (Å²) >= 11 is 0. The number of phenolic OH excluding ortho intramolecular Hbond substituents is 2. The summed E-state index contributed by atoms with van der Waals surface area (Å²) < 4.78 is 5.11. The number of aryl methyl sites for hydroxylation is 1. The second-order valence-corrected chi connectivity index (χ2v) is 5.38. The van der Waals surface area contributed by atoms with Gasteiger partial charge >= 0.3 is 5.97 Å². The zero-order valence-corrected chi connectivity index (χ0v) is 11.7. The van der Waals surface area contributed by atoms with E-state index in [-0.39, 0.29) is 18.1 Å². The molecule has 1 aromatic carbocycles. The number of anilines is 1. The van der Waals surface area contributed by atoms with Gasteiger partial charge in [-0.15, -0.1) is 0 Å². The van der Waals surface area contributed by atoms with E-state index >= 15 is 0 Å². The SMILES string of the molecule is Cc1[nH]nc2c1C(c1ccc(O)cc1O)C1=C(COC1=O)N2. The zero-order valence-electron chi connectivity index (χ0n) is 11.7. The fourth-order valence-corrected chi connectivity index (χ4v) is 3.07. The molecular weight excluding hydrogens is 286 g/mol. The summed E-state index contributed by atoms with van der Waals surface area (Å²) in [6.45, 7) is 2.01. The van der Waals surface area contributed by atoms with E-state index in [0.717, 1.165) is 11.3 Å². The van der Waals surface area contributed by atoms with Crippen LogP contribution in [0.1, 0.15) is 22.7 Å². The second-order valence-electron chi connectivity index (χ2n) is 5.38. The number of aromatic nitrogens is 2. The van der Waals surface area contributed by atoms with Gasteiger partial charge < -0.3 is 20.3 Å². The number of phenols is 2. The summed E-state index contributed by atoms with van der Waals surface area (Å²) in [5, 5.41) is 29.9. The molecule has 2 aromatic rings. The number of nitrogens with zero attached hydrogens (tertiary/aromatic N) is 1. The van der Waals surface area contributed by atoms with Crippen molar-refractivity contribution in [1.82, 2.24) is 10.2 Å². The van der Waals surface area contributed by atoms with E-state index in [0.29, 0.717) is 22.7 Å². The van der Waals surface area contributed by atoms with E-state index < -0.39 is 11.9 Å². The van der Waals surface area contributed by atoms with Gasteiger partial charge in [-0.05, 0) is 13.0 Å². The van der Waals surface area contributed by atoms with Crippen LogP contribution < -0.4 is 5.32 Å². The predicted molar refractivity (Wildman–Crippen MR) is 76.5 cm³/mol. The number of rotatable bonds is 1. The van der Waals surface area contributed by atoms with Crippen molar-refractivity contribution in [2.24, 2.45) is 0 Å². The average Bonchev–Trinajstić information content (AvgIpc) is 3.02. The molecule has 0 bridgehead atoms. The topological polar surface area (TPSA) is 107 Å². The normalized spacial score (nSPS) is 19.5. The maximum absolute atomic E-state index is 12.1. The average molecular weight is 299 g/mol. The lowest BCUT2D eigenvalue weighted by Crippen LogP contribution is -2.19. The van der Waals surface area contributed by atoms with E-state index in [1.807, 2.05) is 6.92 Å². The minimum absolute atomic E-state index is 0.0393. The Hall–Kier alpha value is -2.96. The summed E-state index contributed by atoms with van der Waals surface area (Å²) in [5.74, 6) is -0.397. The van der Waals surface area contributed by atoms with Crippen LogP contribution in [0.2, 0.25) is 0 Å². The Morgan fingerprint density at radius 2 is 2.18 bits per heavy atom. The number of fused-ring (bicyclic) bond motifs is 1. The number of hydrogen-bond donors (Lipinski definition) is 4. The van der Waals surface area contributed by atoms with Gasteiger partial charge in [0.2, 0.25) is 0 Å². The smallest absolute Gasteiger partial charge is 0.337 e. The van der Waals surface area contributed by atoms with Crippen molar-refractivity contribution in [2.45, 2.75) is 12.8 Å². The molecule has 22 heavy (non-hydrogen) atoms. The van der Waals surface area contributed by atoms with Crippen LogP contribution in [-0.4, -0.2) is 33.0 Å². The lowest BCUT2D eigenvalue weighted by Gasteiger charge is -2.24. The highest BCUT2D eigenvalue weighted by molar-refractivity contribution is 5.97. The number of nitrogens with one attached hydrogen (secondary N) is 2. The third-order valence-electron chi connectivity index (χ3n) is 4.06. The van der Waals surface area contributed by atoms with Crippen molar-refractivity contribution in [3.8, 4) is 11.5 Å². The largest absolute Gasteiger partial charge is 0.508 e. The van der Waals surface area contributed by atoms with Gasteiger partial charge in [-0.25, -0.2) is 4.79 Å². The van der Waals surface area contributed by atoms with Gasteiger partial charge in [0.1, 0.15) is 18.1 Å². The molecule has 0 amide bonds. The maximum Gasteiger partial charge on any atom is 0.337 e. The van der Waals surface area contributed by atoms with Crippen LogP contribution in [0.25, 0.3) is 0 Å². The lowest BCUT2D eigenvalue weighted by molar-refractivity contribution is -0.136. The maximum atomic E-state index is 12.1. The van der Waals surface area contributed by atoms with E-state index in [2.05, 4.69) is 15.5 Å². The van der Waals surface area contributed by atoms with Crippen LogP contribution in [0.3, 0.4) is 0 Å². The van der Waals surface area contributed by atoms with Crippen molar-refractivity contribution in [2.75, 3.05) is 11.9 Å². The Bertz CT molecular complexity index is 837. The Morgan fingerprint density at radius 1 is 1.36 bits per heavy atom. The molecule has 1 atom stereocenters. The summed E-state index contributed by atoms with van der Waals surface area (Å²) in [5.41, 5.74) is 3.24. The van der Waals surface area contributed by atoms with Crippen LogP contribution in [0.15, 0.2) is 29.5 Å². The van der Waals surface area contributed by atoms with Crippen LogP contribution >= 0.6 is 0 Å². The van der Waals surface area contributed by atoms with E-state index in [1.165, 1.54) is 12.1 Å². The molecule has 4 N–H and O–H groups in total. The molecule has 0 aliphatic carbocycles. The number of carbonyl (C=O) groups excluding carboxylic acids is 1. The van der Waals surface area contributed by atoms with E-state index in [4.69, 9.17) is 4.74 Å². The van der Waals surface area contributed by atoms with Crippen molar-refractivity contribution >= 4 is 11.8 Å². The standard InChI is InChI=1S/C15H13N3O4/c1-6-11-12(8-3-2-7(19)4-10(8)20)13-9(5-22-15(13)21)16-14(11)18-17-6/h2-4,12,19-20H,5H2,1H3,(H2,16,17,18). The summed E-state index contributed by atoms with van der Waals surface area (Å²) in [4.78, 5) is 12.1. The number of H-pyrrole nitrogens is 1. The molecule has 0 fully saturated rings. The number of ether oxygens (including phenoxy) is 1. The fourth-order valence-electron chi connectivity index (χ4n) is 3.07. The highest BCUT2D eigenvalue weighted by atomic mass is 16.5. The van der Waals surface area contributed by atoms with Gasteiger partial charge in [-0.3, -0.25) is 5.10 Å². The molecular formula is C15H13N3O4. The molecule has 2 aliphatic heterocycles. The molecule has 7 heteroatoms. The number of cyclic esters (lactones) is 1. The molecule has 2 aliphatic rings. The lowest BCUT2D eigenvalue weighted by atomic mass is 9.81. The van der Waals surface area contributed by atoms with Crippen molar-refractivity contribution < 1.29 is 19.7 Å². The quantitative estimate of drug-likeness (QED) is 0.594. The van der Waals surface area contributed by atoms with Gasteiger partial charge in [0.05, 0.1) is 17.2 Å². The molecule has 0 spiro atoms. The van der Waals surface area contributed by atoms with Crippen molar-refractivity contribution in [3.05, 3.63) is 46.3 Å². The van der Waals surface area contributed by atoms with E-state index in [1.54, 1.807) is 6.07 Å². The molecule has 0 saturated carbocycles. The number of carbonyl (C=O) groups is 1. The first-order chi connectivity index (χ1) is 10.6. The highest BCUT2D eigenvalue weighted by Gasteiger charge is 2.41. The van der Waals surface area contributed by atoms with Crippen LogP contribution in [-0.2, 0) is 9.53 Å². The van der Waals surface area contributed by atoms with Crippen LogP contribution in [0.5, 0.6) is 11.5 Å². The first-order valence-electron chi connectivity index (χ1n) is 6.80. The Kier molecular flexibility index (Phi) is 2.47. The third-order valence-corrected chi connectivity index (χ3v) is 4.06. The van der Waals surface area contributed by atoms with Crippen molar-refractivity contribution in [3.63, 3.8) is 0 Å². The van der Waals surface area contributed by atoms with Crippen LogP contribution in [0.4, 0.5) is 5.82 Å². The summed E-state index contributed by atoms with van der Waals surface area (Å²) in [6.07, 6.45) is 0. The first-order valence-corrected chi connectivity index (χ1v) is 6.80. The molecule has 0 saturated heterocycles. The molecule has 1 aromatic heterocycles.